The Balaban J connectivity index is 1.96. The molecule has 3 aromatic rings. The van der Waals surface area contributed by atoms with Gasteiger partial charge in [0.2, 0.25) is 11.9 Å². The third-order valence-electron chi connectivity index (χ3n) is 5.75. The van der Waals surface area contributed by atoms with Crippen LogP contribution in [-0.4, -0.2) is 54.9 Å². The van der Waals surface area contributed by atoms with Crippen molar-refractivity contribution in [2.45, 2.75) is 26.3 Å². The number of ether oxygens (including phenoxy) is 3. The number of amides is 1. The molecular weight excluding hydrogens is 422 g/mol. The van der Waals surface area contributed by atoms with Crippen molar-refractivity contribution in [2.75, 3.05) is 38.4 Å². The SMILES string of the molecule is CCOC(=O)[C@H]1C(=O)N(CCCOC)c2nc3ccccc3n2[C@@H]1c1ccccc1OCC. The van der Waals surface area contributed by atoms with Gasteiger partial charge in [-0.3, -0.25) is 14.5 Å². The molecule has 8 nitrogen and oxygen atoms in total. The van der Waals surface area contributed by atoms with E-state index in [0.29, 0.717) is 37.9 Å². The number of para-hydroxylation sites is 3. The summed E-state index contributed by atoms with van der Waals surface area (Å²) < 4.78 is 18.5. The maximum absolute atomic E-state index is 13.8. The van der Waals surface area contributed by atoms with Gasteiger partial charge in [-0.1, -0.05) is 30.3 Å². The Labute approximate surface area is 193 Å². The van der Waals surface area contributed by atoms with Crippen LogP contribution in [0.25, 0.3) is 11.0 Å². The molecule has 33 heavy (non-hydrogen) atoms. The molecule has 1 aliphatic rings. The van der Waals surface area contributed by atoms with Crippen molar-refractivity contribution in [2.24, 2.45) is 5.92 Å². The molecule has 0 saturated carbocycles. The molecule has 1 amide bonds. The van der Waals surface area contributed by atoms with E-state index < -0.39 is 17.9 Å². The summed E-state index contributed by atoms with van der Waals surface area (Å²) in [5, 5.41) is 0. The first-order chi connectivity index (χ1) is 16.1. The van der Waals surface area contributed by atoms with E-state index in [9.17, 15) is 9.59 Å². The molecule has 8 heteroatoms. The van der Waals surface area contributed by atoms with Crippen molar-refractivity contribution in [3.63, 3.8) is 0 Å². The van der Waals surface area contributed by atoms with Crippen LogP contribution in [0.1, 0.15) is 31.9 Å². The fourth-order valence-electron chi connectivity index (χ4n) is 4.42. The molecule has 2 atom stereocenters. The second kappa shape index (κ2) is 10.0. The van der Waals surface area contributed by atoms with Crippen LogP contribution in [0.4, 0.5) is 5.95 Å². The van der Waals surface area contributed by atoms with E-state index in [1.165, 1.54) is 0 Å². The van der Waals surface area contributed by atoms with Gasteiger partial charge < -0.3 is 18.8 Å². The van der Waals surface area contributed by atoms with E-state index in [1.807, 2.05) is 60.0 Å². The lowest BCUT2D eigenvalue weighted by Gasteiger charge is -2.38. The molecule has 0 bridgehead atoms. The number of carbonyl (C=O) groups excluding carboxylic acids is 2. The monoisotopic (exact) mass is 451 g/mol. The van der Waals surface area contributed by atoms with Crippen molar-refractivity contribution >= 4 is 28.9 Å². The zero-order chi connectivity index (χ0) is 23.4. The summed E-state index contributed by atoms with van der Waals surface area (Å²) in [5.74, 6) is -0.820. The molecule has 2 heterocycles. The minimum atomic E-state index is -1.07. The second-order valence-corrected chi connectivity index (χ2v) is 7.75. The van der Waals surface area contributed by atoms with Crippen LogP contribution in [0, 0.1) is 5.92 Å². The number of carbonyl (C=O) groups is 2. The molecule has 0 unspecified atom stereocenters. The van der Waals surface area contributed by atoms with Crippen LogP contribution < -0.4 is 9.64 Å². The van der Waals surface area contributed by atoms with Crippen LogP contribution in [0.2, 0.25) is 0 Å². The van der Waals surface area contributed by atoms with Crippen molar-refractivity contribution in [3.8, 4) is 5.75 Å². The predicted molar refractivity (Wildman–Crippen MR) is 124 cm³/mol. The van der Waals surface area contributed by atoms with Crippen molar-refractivity contribution in [1.29, 1.82) is 0 Å². The van der Waals surface area contributed by atoms with Gasteiger partial charge in [0.1, 0.15) is 5.75 Å². The minimum absolute atomic E-state index is 0.184. The first-order valence-corrected chi connectivity index (χ1v) is 11.3. The van der Waals surface area contributed by atoms with Crippen LogP contribution in [-0.2, 0) is 19.1 Å². The van der Waals surface area contributed by atoms with Gasteiger partial charge >= 0.3 is 5.97 Å². The second-order valence-electron chi connectivity index (χ2n) is 7.75. The lowest BCUT2D eigenvalue weighted by atomic mass is 9.88. The van der Waals surface area contributed by atoms with E-state index >= 15 is 0 Å². The van der Waals surface area contributed by atoms with E-state index in [1.54, 1.807) is 18.9 Å². The number of hydrogen-bond acceptors (Lipinski definition) is 6. The van der Waals surface area contributed by atoms with Crippen molar-refractivity contribution in [1.82, 2.24) is 9.55 Å². The fraction of sp³-hybridized carbons (Fsp3) is 0.400. The maximum atomic E-state index is 13.8. The largest absolute Gasteiger partial charge is 0.494 e. The number of benzene rings is 2. The lowest BCUT2D eigenvalue weighted by molar-refractivity contribution is -0.153. The van der Waals surface area contributed by atoms with Gasteiger partial charge in [0.25, 0.3) is 0 Å². The lowest BCUT2D eigenvalue weighted by Crippen LogP contribution is -2.50. The number of esters is 1. The van der Waals surface area contributed by atoms with Gasteiger partial charge in [0, 0.05) is 25.8 Å². The Kier molecular flexibility index (Phi) is 6.93. The average Bonchev–Trinajstić information content (AvgIpc) is 3.20. The average molecular weight is 452 g/mol. The summed E-state index contributed by atoms with van der Waals surface area (Å²) in [6.07, 6.45) is 0.612. The van der Waals surface area contributed by atoms with Gasteiger partial charge in [-0.05, 0) is 38.5 Å². The molecule has 0 aliphatic carbocycles. The molecule has 0 fully saturated rings. The summed E-state index contributed by atoms with van der Waals surface area (Å²) >= 11 is 0. The van der Waals surface area contributed by atoms with E-state index in [4.69, 9.17) is 19.2 Å². The maximum Gasteiger partial charge on any atom is 0.321 e. The fourth-order valence-corrected chi connectivity index (χ4v) is 4.42. The highest BCUT2D eigenvalue weighted by Crippen LogP contribution is 2.43. The molecule has 1 aromatic heterocycles. The zero-order valence-corrected chi connectivity index (χ0v) is 19.2. The highest BCUT2D eigenvalue weighted by atomic mass is 16.5. The minimum Gasteiger partial charge on any atom is -0.494 e. The van der Waals surface area contributed by atoms with Crippen molar-refractivity contribution < 1.29 is 23.8 Å². The molecule has 0 radical (unpaired) electrons. The Morgan fingerprint density at radius 1 is 1.06 bits per heavy atom. The van der Waals surface area contributed by atoms with Crippen LogP contribution in [0.5, 0.6) is 5.75 Å². The Hall–Kier alpha value is -3.39. The highest BCUT2D eigenvalue weighted by Gasteiger charge is 2.48. The summed E-state index contributed by atoms with van der Waals surface area (Å²) in [6.45, 7) is 5.16. The van der Waals surface area contributed by atoms with Crippen LogP contribution in [0.15, 0.2) is 48.5 Å². The predicted octanol–water partition coefficient (Wildman–Crippen LogP) is 3.59. The van der Waals surface area contributed by atoms with Gasteiger partial charge in [0.05, 0.1) is 30.3 Å². The number of rotatable bonds is 9. The molecule has 0 N–H and O–H groups in total. The summed E-state index contributed by atoms with van der Waals surface area (Å²) in [7, 11) is 1.62. The number of anilines is 1. The van der Waals surface area contributed by atoms with E-state index in [2.05, 4.69) is 0 Å². The smallest absolute Gasteiger partial charge is 0.321 e. The number of hydrogen-bond donors (Lipinski definition) is 0. The third kappa shape index (κ3) is 4.18. The number of imidazole rings is 1. The normalized spacial score (nSPS) is 17.8. The Bertz CT molecular complexity index is 1140. The molecule has 0 saturated heterocycles. The van der Waals surface area contributed by atoms with Gasteiger partial charge in [0.15, 0.2) is 5.92 Å². The number of nitrogens with zero attached hydrogens (tertiary/aromatic N) is 3. The molecule has 4 rings (SSSR count). The Morgan fingerprint density at radius 3 is 2.58 bits per heavy atom. The quantitative estimate of drug-likeness (QED) is 0.281. The molecule has 1 aliphatic heterocycles. The zero-order valence-electron chi connectivity index (χ0n) is 19.2. The van der Waals surface area contributed by atoms with Gasteiger partial charge in [-0.15, -0.1) is 0 Å². The number of methoxy groups -OCH3 is 1. The van der Waals surface area contributed by atoms with E-state index in [-0.39, 0.29) is 12.5 Å². The molecule has 0 spiro atoms. The van der Waals surface area contributed by atoms with Gasteiger partial charge in [-0.2, -0.15) is 0 Å². The number of fused-ring (bicyclic) bond motifs is 3. The van der Waals surface area contributed by atoms with Crippen LogP contribution in [0.3, 0.4) is 0 Å². The summed E-state index contributed by atoms with van der Waals surface area (Å²) in [4.78, 5) is 33.4. The topological polar surface area (TPSA) is 82.9 Å². The standard InChI is InChI=1S/C25H29N3O5/c1-4-32-20-14-9-6-11-17(20)22-21(24(30)33-5-2)23(29)27(15-10-16-31-3)25-26-18-12-7-8-13-19(18)28(22)25/h6-9,11-14,21-22H,4-5,10,15-16H2,1-3H3/t21-,22-/m1/s1. The molecule has 174 valence electrons. The van der Waals surface area contributed by atoms with Crippen molar-refractivity contribution in [3.05, 3.63) is 54.1 Å². The molecule has 2 aromatic carbocycles. The molecular formula is C25H29N3O5. The number of aromatic nitrogens is 2. The van der Waals surface area contributed by atoms with E-state index in [0.717, 1.165) is 16.6 Å². The first-order valence-electron chi connectivity index (χ1n) is 11.3. The van der Waals surface area contributed by atoms with Crippen LogP contribution >= 0.6 is 0 Å². The highest BCUT2D eigenvalue weighted by molar-refractivity contribution is 6.08. The summed E-state index contributed by atoms with van der Waals surface area (Å²) in [5.41, 5.74) is 2.33. The third-order valence-corrected chi connectivity index (χ3v) is 5.75. The summed E-state index contributed by atoms with van der Waals surface area (Å²) in [6, 6.07) is 14.6. The Morgan fingerprint density at radius 2 is 1.82 bits per heavy atom. The first kappa shape index (κ1) is 22.8. The van der Waals surface area contributed by atoms with Gasteiger partial charge in [-0.25, -0.2) is 4.98 Å².